The number of likely N-dealkylation sites (tertiary alicyclic amines) is 1. The highest BCUT2D eigenvalue weighted by Crippen LogP contribution is 2.34. The van der Waals surface area contributed by atoms with Crippen LogP contribution < -0.4 is 10.0 Å². The number of sulfonamides is 1. The molecule has 0 aliphatic carbocycles. The standard InChI is InChI=1S/C29H30FN5O4S/c1-3-20-6-4-5-7-25(20)32-27-19(2)28(40(37,38)34-26-14-17-39-33-26)31-18-24(27)29(36)35-15-12-22(13-16-35)21-8-10-23(30)11-9-21/h4-11,14,17-18,22H,3,12-13,15-16H2,1-2H3,(H,31,32)(H,33,34). The van der Waals surface area contributed by atoms with Crippen molar-refractivity contribution in [3.8, 4) is 0 Å². The average Bonchev–Trinajstić information content (AvgIpc) is 3.46. The summed E-state index contributed by atoms with van der Waals surface area (Å²) in [5.41, 5.74) is 3.80. The first-order valence-corrected chi connectivity index (χ1v) is 14.6. The maximum absolute atomic E-state index is 13.8. The van der Waals surface area contributed by atoms with E-state index in [9.17, 15) is 17.6 Å². The summed E-state index contributed by atoms with van der Waals surface area (Å²) in [4.78, 5) is 19.8. The van der Waals surface area contributed by atoms with E-state index in [-0.39, 0.29) is 34.0 Å². The van der Waals surface area contributed by atoms with Crippen molar-refractivity contribution >= 4 is 33.1 Å². The van der Waals surface area contributed by atoms with E-state index in [4.69, 9.17) is 4.52 Å². The highest BCUT2D eigenvalue weighted by atomic mass is 32.2. The number of anilines is 3. The number of aromatic nitrogens is 2. The molecule has 5 rings (SSSR count). The zero-order valence-electron chi connectivity index (χ0n) is 22.2. The second-order valence-corrected chi connectivity index (χ2v) is 11.3. The summed E-state index contributed by atoms with van der Waals surface area (Å²) in [5.74, 6) is -0.256. The van der Waals surface area contributed by atoms with Gasteiger partial charge in [-0.2, -0.15) is 8.42 Å². The molecule has 2 aromatic heterocycles. The molecule has 1 amide bonds. The van der Waals surface area contributed by atoms with Crippen molar-refractivity contribution in [3.63, 3.8) is 0 Å². The van der Waals surface area contributed by atoms with Crippen LogP contribution in [0.2, 0.25) is 0 Å². The van der Waals surface area contributed by atoms with Crippen molar-refractivity contribution in [2.24, 2.45) is 0 Å². The van der Waals surface area contributed by atoms with Gasteiger partial charge in [-0.05, 0) is 61.4 Å². The zero-order chi connectivity index (χ0) is 28.3. The Kier molecular flexibility index (Phi) is 7.83. The molecule has 3 heterocycles. The Labute approximate surface area is 232 Å². The van der Waals surface area contributed by atoms with Crippen LogP contribution in [0.1, 0.15) is 52.7 Å². The Morgan fingerprint density at radius 2 is 1.82 bits per heavy atom. The molecule has 2 aromatic carbocycles. The van der Waals surface area contributed by atoms with Crippen molar-refractivity contribution in [1.29, 1.82) is 0 Å². The summed E-state index contributed by atoms with van der Waals surface area (Å²) in [6.45, 7) is 4.67. The number of hydrogen-bond donors (Lipinski definition) is 2. The lowest BCUT2D eigenvalue weighted by atomic mass is 9.89. The van der Waals surface area contributed by atoms with Gasteiger partial charge in [-0.15, -0.1) is 0 Å². The molecule has 0 saturated carbocycles. The number of pyridine rings is 1. The second-order valence-electron chi connectivity index (χ2n) is 9.72. The molecule has 11 heteroatoms. The number of carbonyl (C=O) groups excluding carboxylic acids is 1. The van der Waals surface area contributed by atoms with Gasteiger partial charge in [0.25, 0.3) is 15.9 Å². The molecule has 9 nitrogen and oxygen atoms in total. The van der Waals surface area contributed by atoms with Crippen LogP contribution in [0.5, 0.6) is 0 Å². The summed E-state index contributed by atoms with van der Waals surface area (Å²) in [6, 6.07) is 15.6. The summed E-state index contributed by atoms with van der Waals surface area (Å²) in [7, 11) is -4.13. The summed E-state index contributed by atoms with van der Waals surface area (Å²) in [6.07, 6.45) is 4.79. The van der Waals surface area contributed by atoms with Gasteiger partial charge < -0.3 is 14.7 Å². The van der Waals surface area contributed by atoms with Crippen molar-refractivity contribution in [3.05, 3.63) is 95.1 Å². The quantitative estimate of drug-likeness (QED) is 0.285. The van der Waals surface area contributed by atoms with Crippen LogP contribution >= 0.6 is 0 Å². The van der Waals surface area contributed by atoms with Gasteiger partial charge in [0.1, 0.15) is 12.1 Å². The third kappa shape index (κ3) is 5.69. The normalized spacial score (nSPS) is 14.2. The van der Waals surface area contributed by atoms with Gasteiger partial charge in [0.2, 0.25) is 0 Å². The van der Waals surface area contributed by atoms with Gasteiger partial charge in [-0.25, -0.2) is 9.37 Å². The zero-order valence-corrected chi connectivity index (χ0v) is 23.0. The minimum absolute atomic E-state index is 0.0243. The second kappa shape index (κ2) is 11.5. The predicted octanol–water partition coefficient (Wildman–Crippen LogP) is 5.64. The maximum Gasteiger partial charge on any atom is 0.280 e. The monoisotopic (exact) mass is 563 g/mol. The van der Waals surface area contributed by atoms with Gasteiger partial charge in [-0.3, -0.25) is 9.52 Å². The van der Waals surface area contributed by atoms with Gasteiger partial charge in [-0.1, -0.05) is 42.4 Å². The number of aryl methyl sites for hydroxylation is 1. The molecule has 0 unspecified atom stereocenters. The molecular formula is C29H30FN5O4S. The minimum Gasteiger partial charge on any atom is -0.363 e. The largest absolute Gasteiger partial charge is 0.363 e. The fourth-order valence-corrected chi connectivity index (χ4v) is 6.22. The molecule has 0 radical (unpaired) electrons. The summed E-state index contributed by atoms with van der Waals surface area (Å²) >= 11 is 0. The van der Waals surface area contributed by atoms with E-state index < -0.39 is 10.0 Å². The molecule has 1 aliphatic heterocycles. The van der Waals surface area contributed by atoms with E-state index in [0.717, 1.165) is 36.1 Å². The van der Waals surface area contributed by atoms with E-state index in [1.54, 1.807) is 24.0 Å². The molecular weight excluding hydrogens is 533 g/mol. The maximum atomic E-state index is 13.8. The topological polar surface area (TPSA) is 117 Å². The summed E-state index contributed by atoms with van der Waals surface area (Å²) in [5, 5.41) is 6.74. The molecule has 1 aliphatic rings. The van der Waals surface area contributed by atoms with Gasteiger partial charge in [0, 0.05) is 36.6 Å². The van der Waals surface area contributed by atoms with Crippen LogP contribution in [0.3, 0.4) is 0 Å². The smallest absolute Gasteiger partial charge is 0.280 e. The fourth-order valence-electron chi connectivity index (χ4n) is 5.05. The van der Waals surface area contributed by atoms with Crippen molar-refractivity contribution in [1.82, 2.24) is 15.0 Å². The highest BCUT2D eigenvalue weighted by Gasteiger charge is 2.30. The predicted molar refractivity (Wildman–Crippen MR) is 150 cm³/mol. The number of benzene rings is 2. The number of rotatable bonds is 8. The van der Waals surface area contributed by atoms with Crippen LogP contribution in [0, 0.1) is 12.7 Å². The number of amides is 1. The lowest BCUT2D eigenvalue weighted by molar-refractivity contribution is 0.0713. The van der Waals surface area contributed by atoms with Crippen LogP contribution in [-0.4, -0.2) is 42.5 Å². The first-order chi connectivity index (χ1) is 19.3. The lowest BCUT2D eigenvalue weighted by Crippen LogP contribution is -2.38. The van der Waals surface area contributed by atoms with Gasteiger partial charge in [0.05, 0.1) is 11.3 Å². The third-order valence-electron chi connectivity index (χ3n) is 7.22. The van der Waals surface area contributed by atoms with E-state index in [1.807, 2.05) is 31.2 Å². The Hall–Kier alpha value is -4.25. The highest BCUT2D eigenvalue weighted by molar-refractivity contribution is 7.92. The Morgan fingerprint density at radius 3 is 2.50 bits per heavy atom. The minimum atomic E-state index is -4.13. The SMILES string of the molecule is CCc1ccccc1Nc1c(C(=O)N2CCC(c3ccc(F)cc3)CC2)cnc(S(=O)(=O)Nc2ccon2)c1C. The number of halogens is 1. The molecule has 2 N–H and O–H groups in total. The van der Waals surface area contributed by atoms with E-state index in [2.05, 4.69) is 20.2 Å². The Bertz CT molecular complexity index is 1600. The Morgan fingerprint density at radius 1 is 1.10 bits per heavy atom. The van der Waals surface area contributed by atoms with Gasteiger partial charge in [0.15, 0.2) is 10.8 Å². The van der Waals surface area contributed by atoms with Crippen LogP contribution in [0.4, 0.5) is 21.6 Å². The summed E-state index contributed by atoms with van der Waals surface area (Å²) < 4.78 is 46.9. The third-order valence-corrected chi connectivity index (χ3v) is 8.62. The first kappa shape index (κ1) is 27.3. The fraction of sp³-hybridized carbons (Fsp3) is 0.276. The van der Waals surface area contributed by atoms with Crippen LogP contribution in [-0.2, 0) is 16.4 Å². The van der Waals surface area contributed by atoms with Gasteiger partial charge >= 0.3 is 0 Å². The number of piperidine rings is 1. The van der Waals surface area contributed by atoms with E-state index in [0.29, 0.717) is 24.3 Å². The molecule has 1 saturated heterocycles. The van der Waals surface area contributed by atoms with E-state index in [1.165, 1.54) is 30.7 Å². The molecule has 40 heavy (non-hydrogen) atoms. The van der Waals surface area contributed by atoms with Crippen LogP contribution in [0.25, 0.3) is 0 Å². The molecule has 0 bridgehead atoms. The molecule has 0 atom stereocenters. The number of nitrogens with zero attached hydrogens (tertiary/aromatic N) is 3. The van der Waals surface area contributed by atoms with E-state index >= 15 is 0 Å². The average molecular weight is 564 g/mol. The van der Waals surface area contributed by atoms with Crippen molar-refractivity contribution in [2.45, 2.75) is 44.1 Å². The first-order valence-electron chi connectivity index (χ1n) is 13.1. The number of hydrogen-bond acceptors (Lipinski definition) is 7. The molecule has 208 valence electrons. The number of para-hydroxylation sites is 1. The number of nitrogens with one attached hydrogen (secondary N) is 2. The molecule has 0 spiro atoms. The molecule has 4 aromatic rings. The lowest BCUT2D eigenvalue weighted by Gasteiger charge is -2.33. The van der Waals surface area contributed by atoms with Crippen molar-refractivity contribution < 1.29 is 22.1 Å². The van der Waals surface area contributed by atoms with Crippen LogP contribution in [0.15, 0.2) is 76.6 Å². The molecule has 1 fully saturated rings. The van der Waals surface area contributed by atoms with Crippen molar-refractivity contribution in [2.75, 3.05) is 23.1 Å². The number of carbonyl (C=O) groups is 1. The Balaban J connectivity index is 1.47.